The Bertz CT molecular complexity index is 245. The number of nitrogens with one attached hydrogen (secondary N) is 1. The van der Waals surface area contributed by atoms with Gasteiger partial charge in [0.1, 0.15) is 0 Å². The fourth-order valence-electron chi connectivity index (χ4n) is 3.51. The summed E-state index contributed by atoms with van der Waals surface area (Å²) in [4.78, 5) is 2.79. The highest BCUT2D eigenvalue weighted by molar-refractivity contribution is 7.99. The van der Waals surface area contributed by atoms with Crippen LogP contribution in [0.4, 0.5) is 0 Å². The number of thioether (sulfide) groups is 1. The molecule has 0 bridgehead atoms. The predicted molar refractivity (Wildman–Crippen MR) is 82.3 cm³/mol. The first-order valence-electron chi connectivity index (χ1n) is 7.68. The number of nitrogens with zero attached hydrogens (tertiary/aromatic N) is 1. The van der Waals surface area contributed by atoms with Gasteiger partial charge in [0.25, 0.3) is 0 Å². The van der Waals surface area contributed by atoms with E-state index in [1.807, 2.05) is 0 Å². The molecule has 3 unspecified atom stereocenters. The summed E-state index contributed by atoms with van der Waals surface area (Å²) in [5.74, 6) is 1.67. The Hall–Kier alpha value is 0.270. The maximum atomic E-state index is 3.63. The lowest BCUT2D eigenvalue weighted by Crippen LogP contribution is -2.38. The van der Waals surface area contributed by atoms with Crippen LogP contribution in [0.1, 0.15) is 39.5 Å². The van der Waals surface area contributed by atoms with Gasteiger partial charge in [-0.25, -0.2) is 0 Å². The number of hydrogen-bond donors (Lipinski definition) is 1. The fraction of sp³-hybridized carbons (Fsp3) is 1.00. The molecule has 2 nitrogen and oxygen atoms in total. The summed E-state index contributed by atoms with van der Waals surface area (Å²) in [7, 11) is 0. The Kier molecular flexibility index (Phi) is 5.84. The molecule has 1 N–H and O–H groups in total. The molecule has 0 aromatic rings. The van der Waals surface area contributed by atoms with Crippen LogP contribution in [0.2, 0.25) is 0 Å². The highest BCUT2D eigenvalue weighted by atomic mass is 32.2. The zero-order valence-electron chi connectivity index (χ0n) is 12.3. The summed E-state index contributed by atoms with van der Waals surface area (Å²) in [6.45, 7) is 9.66. The van der Waals surface area contributed by atoms with E-state index in [0.717, 1.165) is 23.1 Å². The van der Waals surface area contributed by atoms with E-state index in [1.54, 1.807) is 0 Å². The average Bonchev–Trinajstić information content (AvgIpc) is 2.95. The van der Waals surface area contributed by atoms with Crippen molar-refractivity contribution >= 4 is 11.8 Å². The lowest BCUT2D eigenvalue weighted by molar-refractivity contribution is 0.240. The third-order valence-corrected chi connectivity index (χ3v) is 5.65. The normalized spacial score (nSPS) is 33.7. The molecule has 2 aliphatic rings. The van der Waals surface area contributed by atoms with Gasteiger partial charge in [-0.15, -0.1) is 0 Å². The number of hydrogen-bond acceptors (Lipinski definition) is 3. The van der Waals surface area contributed by atoms with Crippen LogP contribution in [0.15, 0.2) is 0 Å². The summed E-state index contributed by atoms with van der Waals surface area (Å²) in [5.41, 5.74) is 0. The van der Waals surface area contributed by atoms with E-state index < -0.39 is 0 Å². The lowest BCUT2D eigenvalue weighted by Gasteiger charge is -2.28. The van der Waals surface area contributed by atoms with Gasteiger partial charge in [0.05, 0.1) is 0 Å². The van der Waals surface area contributed by atoms with Crippen molar-refractivity contribution in [2.45, 2.75) is 50.8 Å². The SMILES string of the molecule is CSC1CCCC1N1CCC(CNCC(C)C)C1. The summed E-state index contributed by atoms with van der Waals surface area (Å²) < 4.78 is 0. The van der Waals surface area contributed by atoms with Gasteiger partial charge in [0.2, 0.25) is 0 Å². The molecule has 0 amide bonds. The standard InChI is InChI=1S/C15H30N2S/c1-12(2)9-16-10-13-7-8-17(11-13)14-5-4-6-15(14)18-3/h12-16H,4-11H2,1-3H3. The van der Waals surface area contributed by atoms with E-state index >= 15 is 0 Å². The first-order valence-corrected chi connectivity index (χ1v) is 8.97. The van der Waals surface area contributed by atoms with Gasteiger partial charge in [-0.2, -0.15) is 11.8 Å². The number of likely N-dealkylation sites (tertiary alicyclic amines) is 1. The Morgan fingerprint density at radius 3 is 2.83 bits per heavy atom. The predicted octanol–water partition coefficient (Wildman–Crippen LogP) is 2.84. The molecule has 1 saturated carbocycles. The molecule has 0 spiro atoms. The molecule has 2 fully saturated rings. The zero-order valence-corrected chi connectivity index (χ0v) is 13.1. The van der Waals surface area contributed by atoms with E-state index in [0.29, 0.717) is 0 Å². The van der Waals surface area contributed by atoms with Crippen LogP contribution in [0.25, 0.3) is 0 Å². The van der Waals surface area contributed by atoms with Gasteiger partial charge in [-0.05, 0) is 57.0 Å². The molecule has 18 heavy (non-hydrogen) atoms. The molecule has 0 aromatic carbocycles. The molecule has 0 aromatic heterocycles. The minimum atomic E-state index is 0.776. The van der Waals surface area contributed by atoms with E-state index in [2.05, 4.69) is 42.1 Å². The Morgan fingerprint density at radius 2 is 2.11 bits per heavy atom. The zero-order chi connectivity index (χ0) is 13.0. The van der Waals surface area contributed by atoms with E-state index in [4.69, 9.17) is 0 Å². The second-order valence-corrected chi connectivity index (χ2v) is 7.55. The Balaban J connectivity index is 1.71. The maximum Gasteiger partial charge on any atom is 0.0214 e. The van der Waals surface area contributed by atoms with Crippen LogP contribution in [-0.4, -0.2) is 48.6 Å². The third kappa shape index (κ3) is 3.88. The van der Waals surface area contributed by atoms with Gasteiger partial charge in [-0.3, -0.25) is 4.90 Å². The molecular formula is C15H30N2S. The summed E-state index contributed by atoms with van der Waals surface area (Å²) in [6, 6.07) is 0.884. The van der Waals surface area contributed by atoms with Crippen LogP contribution >= 0.6 is 11.8 Å². The van der Waals surface area contributed by atoms with Crippen molar-refractivity contribution < 1.29 is 0 Å². The van der Waals surface area contributed by atoms with Gasteiger partial charge >= 0.3 is 0 Å². The molecule has 1 aliphatic heterocycles. The topological polar surface area (TPSA) is 15.3 Å². The van der Waals surface area contributed by atoms with Gasteiger partial charge in [0.15, 0.2) is 0 Å². The van der Waals surface area contributed by atoms with E-state index in [-0.39, 0.29) is 0 Å². The fourth-order valence-corrected chi connectivity index (χ4v) is 4.53. The van der Waals surface area contributed by atoms with Crippen molar-refractivity contribution in [1.29, 1.82) is 0 Å². The highest BCUT2D eigenvalue weighted by Gasteiger charge is 2.35. The van der Waals surface area contributed by atoms with Crippen molar-refractivity contribution in [3.05, 3.63) is 0 Å². The van der Waals surface area contributed by atoms with Crippen molar-refractivity contribution in [2.75, 3.05) is 32.4 Å². The van der Waals surface area contributed by atoms with Crippen molar-refractivity contribution in [2.24, 2.45) is 11.8 Å². The molecule has 106 valence electrons. The molecule has 1 aliphatic carbocycles. The van der Waals surface area contributed by atoms with Crippen molar-refractivity contribution in [1.82, 2.24) is 10.2 Å². The Morgan fingerprint density at radius 1 is 1.28 bits per heavy atom. The largest absolute Gasteiger partial charge is 0.316 e. The first kappa shape index (κ1) is 14.7. The first-order chi connectivity index (χ1) is 8.70. The molecule has 3 heteroatoms. The van der Waals surface area contributed by atoms with Gasteiger partial charge in [0, 0.05) is 17.8 Å². The summed E-state index contributed by atoms with van der Waals surface area (Å²) >= 11 is 2.09. The van der Waals surface area contributed by atoms with Gasteiger partial charge < -0.3 is 5.32 Å². The smallest absolute Gasteiger partial charge is 0.0214 e. The molecule has 1 saturated heterocycles. The Labute approximate surface area is 117 Å². The molecule has 0 radical (unpaired) electrons. The van der Waals surface area contributed by atoms with Crippen LogP contribution in [0.5, 0.6) is 0 Å². The lowest BCUT2D eigenvalue weighted by atomic mass is 10.1. The van der Waals surface area contributed by atoms with Crippen LogP contribution in [0.3, 0.4) is 0 Å². The van der Waals surface area contributed by atoms with Gasteiger partial charge in [-0.1, -0.05) is 20.3 Å². The third-order valence-electron chi connectivity index (χ3n) is 4.49. The molecule has 3 atom stereocenters. The number of rotatable bonds is 6. The monoisotopic (exact) mass is 270 g/mol. The molecule has 1 heterocycles. The second-order valence-electron chi connectivity index (χ2n) is 6.47. The highest BCUT2D eigenvalue weighted by Crippen LogP contribution is 2.34. The van der Waals surface area contributed by atoms with E-state index in [1.165, 1.54) is 51.9 Å². The second kappa shape index (κ2) is 7.16. The quantitative estimate of drug-likeness (QED) is 0.799. The molecule has 2 rings (SSSR count). The van der Waals surface area contributed by atoms with Crippen molar-refractivity contribution in [3.8, 4) is 0 Å². The summed E-state index contributed by atoms with van der Waals surface area (Å²) in [5, 5.41) is 4.54. The maximum absolute atomic E-state index is 3.63. The van der Waals surface area contributed by atoms with Crippen LogP contribution in [0, 0.1) is 11.8 Å². The minimum Gasteiger partial charge on any atom is -0.316 e. The summed E-state index contributed by atoms with van der Waals surface area (Å²) in [6.07, 6.45) is 8.03. The van der Waals surface area contributed by atoms with E-state index in [9.17, 15) is 0 Å². The average molecular weight is 270 g/mol. The van der Waals surface area contributed by atoms with Crippen LogP contribution in [-0.2, 0) is 0 Å². The minimum absolute atomic E-state index is 0.776. The van der Waals surface area contributed by atoms with Crippen LogP contribution < -0.4 is 5.32 Å². The molecular weight excluding hydrogens is 240 g/mol. The van der Waals surface area contributed by atoms with Crippen molar-refractivity contribution in [3.63, 3.8) is 0 Å².